The molecule has 0 spiro atoms. The predicted octanol–water partition coefficient (Wildman–Crippen LogP) is 8.27. The number of halogens is 2. The molecule has 6 rings (SSSR count). The van der Waals surface area contributed by atoms with E-state index in [4.69, 9.17) is 32.5 Å². The fraction of sp³-hybridized carbons (Fsp3) is 0.364. The molecule has 1 aliphatic carbocycles. The molecule has 1 N–H and O–H groups in total. The highest BCUT2D eigenvalue weighted by Gasteiger charge is 2.59. The highest BCUT2D eigenvalue weighted by molar-refractivity contribution is 7.85. The first-order valence-corrected chi connectivity index (χ1v) is 16.1. The van der Waals surface area contributed by atoms with Gasteiger partial charge >= 0.3 is 5.90 Å². The maximum absolute atomic E-state index is 10.5. The van der Waals surface area contributed by atoms with Gasteiger partial charge in [0, 0.05) is 21.5 Å². The van der Waals surface area contributed by atoms with Crippen molar-refractivity contribution in [2.24, 2.45) is 11.3 Å². The summed E-state index contributed by atoms with van der Waals surface area (Å²) in [5.74, 6) is 2.18. The maximum Gasteiger partial charge on any atom is 0.343 e. The van der Waals surface area contributed by atoms with Gasteiger partial charge in [-0.2, -0.15) is 13.0 Å². The van der Waals surface area contributed by atoms with Crippen LogP contribution in [0.5, 0.6) is 0 Å². The number of rotatable bonds is 6. The van der Waals surface area contributed by atoms with Gasteiger partial charge in [-0.15, -0.1) is 6.58 Å². The summed E-state index contributed by atoms with van der Waals surface area (Å²) in [5, 5.41) is 1.56. The van der Waals surface area contributed by atoms with E-state index in [1.165, 1.54) is 36.1 Å². The molecule has 0 radical (unpaired) electrons. The van der Waals surface area contributed by atoms with Crippen LogP contribution in [0, 0.1) is 18.3 Å². The average Bonchev–Trinajstić information content (AvgIpc) is 3.67. The summed E-state index contributed by atoms with van der Waals surface area (Å²) in [6.45, 7) is 9.02. The second kappa shape index (κ2) is 11.9. The Balaban J connectivity index is 0.000000259. The quantitative estimate of drug-likeness (QED) is 0.173. The van der Waals surface area contributed by atoms with Crippen molar-refractivity contribution in [1.29, 1.82) is 0 Å². The van der Waals surface area contributed by atoms with Gasteiger partial charge in [0.25, 0.3) is 10.1 Å². The van der Waals surface area contributed by atoms with Crippen LogP contribution in [-0.2, 0) is 14.9 Å². The number of nitrogens with zero attached hydrogens (tertiary/aromatic N) is 1. The lowest BCUT2D eigenvalue weighted by molar-refractivity contribution is -0.614. The fourth-order valence-corrected chi connectivity index (χ4v) is 7.11. The average molecular weight is 614 g/mol. The number of ether oxygens (including phenoxy) is 1. The molecule has 1 fully saturated rings. The summed E-state index contributed by atoms with van der Waals surface area (Å²) in [6, 6.07) is 23.4. The van der Waals surface area contributed by atoms with E-state index >= 15 is 0 Å². The first kappa shape index (κ1) is 29.8. The Labute approximate surface area is 253 Å². The third kappa shape index (κ3) is 6.56. The van der Waals surface area contributed by atoms with Gasteiger partial charge in [-0.1, -0.05) is 71.2 Å². The van der Waals surface area contributed by atoms with Crippen LogP contribution in [0.3, 0.4) is 0 Å². The van der Waals surface area contributed by atoms with Crippen molar-refractivity contribution in [3.63, 3.8) is 0 Å². The number of hydrogen-bond donors (Lipinski definition) is 1. The van der Waals surface area contributed by atoms with Gasteiger partial charge in [0.15, 0.2) is 18.7 Å². The Hall–Kier alpha value is -2.64. The van der Waals surface area contributed by atoms with E-state index in [9.17, 15) is 8.42 Å². The van der Waals surface area contributed by atoms with E-state index in [1.54, 1.807) is 12.1 Å². The second-order valence-corrected chi connectivity index (χ2v) is 13.9. The Bertz CT molecular complexity index is 1550. The molecule has 0 unspecified atom stereocenters. The van der Waals surface area contributed by atoms with Gasteiger partial charge in [-0.25, -0.2) is 0 Å². The van der Waals surface area contributed by atoms with Crippen molar-refractivity contribution >= 4 is 39.2 Å². The molecular formula is C33H36Cl2NO4S+. The topological polar surface area (TPSA) is 66.6 Å². The van der Waals surface area contributed by atoms with Crippen LogP contribution < -0.4 is 0 Å². The van der Waals surface area contributed by atoms with E-state index < -0.39 is 10.1 Å². The molecule has 1 saturated carbocycles. The molecular weight excluding hydrogens is 577 g/mol. The van der Waals surface area contributed by atoms with Crippen LogP contribution in [0.2, 0.25) is 10.0 Å². The molecule has 0 aromatic heterocycles. The Morgan fingerprint density at radius 3 is 2.29 bits per heavy atom. The van der Waals surface area contributed by atoms with Gasteiger partial charge in [0.05, 0.1) is 16.2 Å². The van der Waals surface area contributed by atoms with Crippen LogP contribution in [-0.4, -0.2) is 36.1 Å². The fourth-order valence-electron chi connectivity index (χ4n) is 6.30. The van der Waals surface area contributed by atoms with Crippen molar-refractivity contribution < 1.29 is 22.3 Å². The molecule has 3 aromatic rings. The molecule has 3 aromatic carbocycles. The maximum atomic E-state index is 10.5. The normalized spacial score (nSPS) is 25.5. The number of benzene rings is 3. The van der Waals surface area contributed by atoms with Gasteiger partial charge in [-0.3, -0.25) is 4.55 Å². The second-order valence-electron chi connectivity index (χ2n) is 11.6. The Morgan fingerprint density at radius 2 is 1.71 bits per heavy atom. The first-order valence-electron chi connectivity index (χ1n) is 13.9. The summed E-state index contributed by atoms with van der Waals surface area (Å²) in [6.07, 6.45) is 6.53. The highest BCUT2D eigenvalue weighted by atomic mass is 35.5. The smallest absolute Gasteiger partial charge is 0.343 e. The van der Waals surface area contributed by atoms with Gasteiger partial charge in [0.1, 0.15) is 0 Å². The lowest BCUT2D eigenvalue weighted by atomic mass is 9.69. The monoisotopic (exact) mass is 612 g/mol. The molecule has 4 atom stereocenters. The molecule has 0 amide bonds. The summed E-state index contributed by atoms with van der Waals surface area (Å²) in [7, 11) is -4.02. The van der Waals surface area contributed by atoms with E-state index in [-0.39, 0.29) is 16.4 Å². The summed E-state index contributed by atoms with van der Waals surface area (Å²) >= 11 is 12.7. The van der Waals surface area contributed by atoms with Crippen LogP contribution in [0.1, 0.15) is 61.3 Å². The third-order valence-corrected chi connectivity index (χ3v) is 9.77. The van der Waals surface area contributed by atoms with Crippen molar-refractivity contribution in [2.75, 3.05) is 6.61 Å². The molecule has 41 heavy (non-hydrogen) atoms. The highest BCUT2D eigenvalue weighted by Crippen LogP contribution is 2.53. The van der Waals surface area contributed by atoms with E-state index in [2.05, 4.69) is 48.4 Å². The zero-order valence-electron chi connectivity index (χ0n) is 23.3. The third-order valence-electron chi connectivity index (χ3n) is 8.42. The lowest BCUT2D eigenvalue weighted by Gasteiger charge is -2.38. The van der Waals surface area contributed by atoms with Crippen LogP contribution in [0.15, 0.2) is 90.3 Å². The minimum absolute atomic E-state index is 0.0666. The molecule has 2 heterocycles. The van der Waals surface area contributed by atoms with Crippen LogP contribution in [0.4, 0.5) is 0 Å². The lowest BCUT2D eigenvalue weighted by Crippen LogP contribution is -2.46. The summed E-state index contributed by atoms with van der Waals surface area (Å²) < 4.78 is 38.6. The number of hydrogen-bond acceptors (Lipinski definition) is 3. The van der Waals surface area contributed by atoms with Gasteiger partial charge < -0.3 is 4.74 Å². The largest absolute Gasteiger partial charge is 0.441 e. The molecule has 5 nitrogen and oxygen atoms in total. The van der Waals surface area contributed by atoms with Crippen LogP contribution >= 0.6 is 23.2 Å². The molecule has 2 aliphatic heterocycles. The van der Waals surface area contributed by atoms with Crippen molar-refractivity contribution in [1.82, 2.24) is 0 Å². The minimum Gasteiger partial charge on any atom is -0.441 e. The molecule has 8 heteroatoms. The number of aryl methyl sites for hydroxylation is 1. The van der Waals surface area contributed by atoms with Crippen molar-refractivity contribution in [3.05, 3.63) is 112 Å². The molecule has 216 valence electrons. The van der Waals surface area contributed by atoms with E-state index in [0.29, 0.717) is 12.0 Å². The standard InChI is InChI=1S/C26H28Cl2NO.C7H8O3S/c1-3-13-26(2)15-22(19-5-4-6-21(28)14-19)24(18-9-11-20(27)12-10-18)29-23(17-7-8-17)16-30-25(26)29;1-6-2-4-7(5-3-6)11(8,9)10/h3-6,9-12,14,17,22-24H,1,7-8,13,15-16H2,2H3;2-5H,1H3,(H,8,9,10)/q+1;/t22-,23-,24-,26+;/m1./s1. The van der Waals surface area contributed by atoms with Gasteiger partial charge in [-0.05, 0) is 81.5 Å². The Morgan fingerprint density at radius 1 is 1.02 bits per heavy atom. The molecule has 0 saturated heterocycles. The molecule has 3 aliphatic rings. The summed E-state index contributed by atoms with van der Waals surface area (Å²) in [5.41, 5.74) is 3.47. The predicted molar refractivity (Wildman–Crippen MR) is 165 cm³/mol. The van der Waals surface area contributed by atoms with E-state index in [0.717, 1.165) is 46.9 Å². The Kier molecular flexibility index (Phi) is 8.68. The zero-order chi connectivity index (χ0) is 29.4. The van der Waals surface area contributed by atoms with Crippen LogP contribution in [0.25, 0.3) is 0 Å². The van der Waals surface area contributed by atoms with E-state index in [1.807, 2.05) is 31.2 Å². The van der Waals surface area contributed by atoms with Crippen molar-refractivity contribution in [2.45, 2.75) is 62.4 Å². The molecule has 0 bridgehead atoms. The minimum atomic E-state index is -4.02. The number of allylic oxidation sites excluding steroid dienone is 1. The summed E-state index contributed by atoms with van der Waals surface area (Å²) in [4.78, 5) is -0.0666. The SMILES string of the molecule is C=CC[C@@]1(C)C[C@H](c2cccc(Cl)c2)[C@@H](c2ccc(Cl)cc2)[N+]2=C1OC[C@@H]2C1CC1.Cc1ccc(S(=O)(=O)O)cc1. The zero-order valence-corrected chi connectivity index (χ0v) is 25.7. The van der Waals surface area contributed by atoms with Crippen molar-refractivity contribution in [3.8, 4) is 0 Å². The first-order chi connectivity index (χ1) is 19.5. The van der Waals surface area contributed by atoms with Gasteiger partial charge in [0.2, 0.25) is 0 Å².